The maximum Gasteiger partial charge on any atom is 0.229 e. The predicted molar refractivity (Wildman–Crippen MR) is 74.1 cm³/mol. The smallest absolute Gasteiger partial charge is 0.229 e. The number of anilines is 1. The highest BCUT2D eigenvalue weighted by molar-refractivity contribution is 9.10. The summed E-state index contributed by atoms with van der Waals surface area (Å²) in [6, 6.07) is 5.83. The molecule has 2 aromatic rings. The van der Waals surface area contributed by atoms with E-state index in [-0.39, 0.29) is 17.6 Å². The molecule has 1 aromatic heterocycles. The van der Waals surface area contributed by atoms with Crippen molar-refractivity contribution >= 4 is 27.5 Å². The molecule has 1 amide bonds. The molecule has 19 heavy (non-hydrogen) atoms. The standard InChI is InChI=1S/C13H13BrFN3O/c1-9(7-18-8-10(14)6-16-18)13(19)17-12-4-2-3-11(15)5-12/h2-6,8-9H,7H2,1H3,(H,17,19). The maximum absolute atomic E-state index is 13.0. The number of benzene rings is 1. The molecule has 1 atom stereocenters. The lowest BCUT2D eigenvalue weighted by Gasteiger charge is -2.12. The van der Waals surface area contributed by atoms with Crippen LogP contribution in [-0.4, -0.2) is 15.7 Å². The van der Waals surface area contributed by atoms with Crippen molar-refractivity contribution in [3.8, 4) is 0 Å². The molecule has 1 unspecified atom stereocenters. The van der Waals surface area contributed by atoms with Gasteiger partial charge in [0.2, 0.25) is 5.91 Å². The molecule has 0 radical (unpaired) electrons. The Bertz CT molecular complexity index is 585. The van der Waals surface area contributed by atoms with Crippen molar-refractivity contribution in [1.82, 2.24) is 9.78 Å². The molecule has 0 saturated heterocycles. The van der Waals surface area contributed by atoms with Gasteiger partial charge in [-0.15, -0.1) is 0 Å². The first kappa shape index (κ1) is 13.7. The molecular formula is C13H13BrFN3O. The van der Waals surface area contributed by atoms with Crippen LogP contribution >= 0.6 is 15.9 Å². The zero-order valence-electron chi connectivity index (χ0n) is 10.3. The monoisotopic (exact) mass is 325 g/mol. The lowest BCUT2D eigenvalue weighted by Crippen LogP contribution is -2.24. The normalized spacial score (nSPS) is 12.2. The summed E-state index contributed by atoms with van der Waals surface area (Å²) in [5.74, 6) is -0.811. The highest BCUT2D eigenvalue weighted by Gasteiger charge is 2.14. The summed E-state index contributed by atoms with van der Waals surface area (Å²) in [5.41, 5.74) is 0.457. The third-order valence-corrected chi connectivity index (χ3v) is 3.01. The lowest BCUT2D eigenvalue weighted by molar-refractivity contribution is -0.119. The first-order valence-electron chi connectivity index (χ1n) is 5.79. The van der Waals surface area contributed by atoms with Crippen molar-refractivity contribution < 1.29 is 9.18 Å². The minimum atomic E-state index is -0.374. The van der Waals surface area contributed by atoms with E-state index in [1.54, 1.807) is 36.1 Å². The number of halogens is 2. The quantitative estimate of drug-likeness (QED) is 0.939. The number of hydrogen-bond acceptors (Lipinski definition) is 2. The van der Waals surface area contributed by atoms with Gasteiger partial charge in [-0.25, -0.2) is 4.39 Å². The Morgan fingerprint density at radius 1 is 1.58 bits per heavy atom. The summed E-state index contributed by atoms with van der Waals surface area (Å²) in [6.07, 6.45) is 3.46. The van der Waals surface area contributed by atoms with Crippen LogP contribution in [0.3, 0.4) is 0 Å². The van der Waals surface area contributed by atoms with Gasteiger partial charge >= 0.3 is 0 Å². The largest absolute Gasteiger partial charge is 0.326 e. The summed E-state index contributed by atoms with van der Waals surface area (Å²) in [7, 11) is 0. The van der Waals surface area contributed by atoms with Gasteiger partial charge in [-0.1, -0.05) is 13.0 Å². The summed E-state index contributed by atoms with van der Waals surface area (Å²) in [6.45, 7) is 2.26. The fourth-order valence-corrected chi connectivity index (χ4v) is 1.96. The lowest BCUT2D eigenvalue weighted by atomic mass is 10.1. The van der Waals surface area contributed by atoms with Crippen molar-refractivity contribution in [2.24, 2.45) is 5.92 Å². The van der Waals surface area contributed by atoms with Gasteiger partial charge in [0.25, 0.3) is 0 Å². The molecule has 1 aromatic carbocycles. The zero-order valence-corrected chi connectivity index (χ0v) is 11.9. The Hall–Kier alpha value is -1.69. The van der Waals surface area contributed by atoms with E-state index in [1.807, 2.05) is 0 Å². The summed E-state index contributed by atoms with van der Waals surface area (Å²) >= 11 is 3.30. The van der Waals surface area contributed by atoms with Crippen LogP contribution in [0.15, 0.2) is 41.1 Å². The van der Waals surface area contributed by atoms with Crippen LogP contribution in [-0.2, 0) is 11.3 Å². The Balaban J connectivity index is 1.96. The molecule has 1 N–H and O–H groups in total. The molecule has 0 spiro atoms. The van der Waals surface area contributed by atoms with Crippen LogP contribution in [0.4, 0.5) is 10.1 Å². The van der Waals surface area contributed by atoms with Crippen molar-refractivity contribution in [3.63, 3.8) is 0 Å². The van der Waals surface area contributed by atoms with Crippen molar-refractivity contribution in [3.05, 3.63) is 46.9 Å². The van der Waals surface area contributed by atoms with Gasteiger partial charge in [0, 0.05) is 11.9 Å². The fourth-order valence-electron chi connectivity index (χ4n) is 1.63. The van der Waals surface area contributed by atoms with Gasteiger partial charge in [0.15, 0.2) is 0 Å². The average Bonchev–Trinajstić information content (AvgIpc) is 2.74. The molecule has 0 aliphatic rings. The Kier molecular flexibility index (Phi) is 4.31. The van der Waals surface area contributed by atoms with Gasteiger partial charge in [-0.05, 0) is 34.1 Å². The fraction of sp³-hybridized carbons (Fsp3) is 0.231. The van der Waals surface area contributed by atoms with Crippen molar-refractivity contribution in [2.45, 2.75) is 13.5 Å². The van der Waals surface area contributed by atoms with Gasteiger partial charge in [-0.3, -0.25) is 9.48 Å². The second-order valence-electron chi connectivity index (χ2n) is 4.28. The first-order chi connectivity index (χ1) is 9.04. The number of nitrogens with one attached hydrogen (secondary N) is 1. The van der Waals surface area contributed by atoms with Crippen LogP contribution in [0.25, 0.3) is 0 Å². The van der Waals surface area contributed by atoms with Gasteiger partial charge in [-0.2, -0.15) is 5.10 Å². The van der Waals surface area contributed by atoms with Crippen LogP contribution in [0.5, 0.6) is 0 Å². The highest BCUT2D eigenvalue weighted by Crippen LogP contribution is 2.12. The third-order valence-electron chi connectivity index (χ3n) is 2.60. The summed E-state index contributed by atoms with van der Waals surface area (Å²) in [4.78, 5) is 11.9. The summed E-state index contributed by atoms with van der Waals surface area (Å²) in [5, 5.41) is 6.77. The van der Waals surface area contributed by atoms with E-state index in [0.29, 0.717) is 12.2 Å². The Morgan fingerprint density at radius 3 is 3.00 bits per heavy atom. The van der Waals surface area contributed by atoms with E-state index in [1.165, 1.54) is 12.1 Å². The number of carbonyl (C=O) groups is 1. The van der Waals surface area contributed by atoms with E-state index in [0.717, 1.165) is 4.47 Å². The number of rotatable bonds is 4. The molecule has 100 valence electrons. The SMILES string of the molecule is CC(Cn1cc(Br)cn1)C(=O)Nc1cccc(F)c1. The number of carbonyl (C=O) groups excluding carboxylic acids is 1. The third kappa shape index (κ3) is 3.89. The minimum absolute atomic E-state index is 0.169. The highest BCUT2D eigenvalue weighted by atomic mass is 79.9. The van der Waals surface area contributed by atoms with Crippen LogP contribution in [0, 0.1) is 11.7 Å². The minimum Gasteiger partial charge on any atom is -0.326 e. The van der Waals surface area contributed by atoms with E-state index in [2.05, 4.69) is 26.3 Å². The molecule has 0 bridgehead atoms. The molecule has 0 fully saturated rings. The van der Waals surface area contributed by atoms with Gasteiger partial charge in [0.1, 0.15) is 5.82 Å². The second-order valence-corrected chi connectivity index (χ2v) is 5.20. The Morgan fingerprint density at radius 2 is 2.37 bits per heavy atom. The number of hydrogen-bond donors (Lipinski definition) is 1. The maximum atomic E-state index is 13.0. The first-order valence-corrected chi connectivity index (χ1v) is 6.58. The molecule has 0 saturated carbocycles. The summed E-state index contributed by atoms with van der Waals surface area (Å²) < 4.78 is 15.5. The molecule has 6 heteroatoms. The molecular weight excluding hydrogens is 313 g/mol. The number of nitrogens with zero attached hydrogens (tertiary/aromatic N) is 2. The number of aromatic nitrogens is 2. The topological polar surface area (TPSA) is 46.9 Å². The van der Waals surface area contributed by atoms with E-state index in [4.69, 9.17) is 0 Å². The van der Waals surface area contributed by atoms with Gasteiger partial charge in [0.05, 0.1) is 23.1 Å². The van der Waals surface area contributed by atoms with Crippen LogP contribution in [0.2, 0.25) is 0 Å². The molecule has 1 heterocycles. The van der Waals surface area contributed by atoms with Crippen molar-refractivity contribution in [2.75, 3.05) is 5.32 Å². The van der Waals surface area contributed by atoms with E-state index in [9.17, 15) is 9.18 Å². The average molecular weight is 326 g/mol. The van der Waals surface area contributed by atoms with Gasteiger partial charge < -0.3 is 5.32 Å². The molecule has 0 aliphatic heterocycles. The molecule has 0 aliphatic carbocycles. The number of amides is 1. The second kappa shape index (κ2) is 5.97. The van der Waals surface area contributed by atoms with Crippen molar-refractivity contribution in [1.29, 1.82) is 0 Å². The zero-order chi connectivity index (χ0) is 13.8. The molecule has 4 nitrogen and oxygen atoms in total. The Labute approximate surface area is 118 Å². The molecule has 2 rings (SSSR count). The predicted octanol–water partition coefficient (Wildman–Crippen LogP) is 3.06. The van der Waals surface area contributed by atoms with E-state index < -0.39 is 0 Å². The van der Waals surface area contributed by atoms with E-state index >= 15 is 0 Å². The van der Waals surface area contributed by atoms with Crippen LogP contribution < -0.4 is 5.32 Å². The van der Waals surface area contributed by atoms with Crippen LogP contribution in [0.1, 0.15) is 6.92 Å².